The highest BCUT2D eigenvalue weighted by atomic mass is 15.3. The first kappa shape index (κ1) is 13.1. The van der Waals surface area contributed by atoms with Crippen molar-refractivity contribution in [3.8, 4) is 6.07 Å². The Labute approximate surface area is 109 Å². The number of aryl methyl sites for hydroxylation is 2. The SMILES string of the molecule is Cc1nn(C)c(C)c1[C@@H]1CCCN1CCCC#N. The van der Waals surface area contributed by atoms with Crippen LogP contribution in [-0.4, -0.2) is 27.8 Å². The predicted octanol–water partition coefficient (Wildman–Crippen LogP) is 2.48. The van der Waals surface area contributed by atoms with Gasteiger partial charge in [0.2, 0.25) is 0 Å². The van der Waals surface area contributed by atoms with E-state index in [2.05, 4.69) is 29.9 Å². The third-order valence-electron chi connectivity index (χ3n) is 4.00. The second-order valence-electron chi connectivity index (χ2n) is 5.16. The van der Waals surface area contributed by atoms with E-state index in [0.717, 1.165) is 25.2 Å². The van der Waals surface area contributed by atoms with Gasteiger partial charge >= 0.3 is 0 Å². The van der Waals surface area contributed by atoms with E-state index in [4.69, 9.17) is 5.26 Å². The molecule has 4 heteroatoms. The first-order valence-corrected chi connectivity index (χ1v) is 6.76. The van der Waals surface area contributed by atoms with Gasteiger partial charge in [-0.2, -0.15) is 10.4 Å². The van der Waals surface area contributed by atoms with Crippen molar-refractivity contribution in [1.29, 1.82) is 5.26 Å². The van der Waals surface area contributed by atoms with Gasteiger partial charge in [0.05, 0.1) is 11.8 Å². The number of hydrogen-bond donors (Lipinski definition) is 0. The van der Waals surface area contributed by atoms with Gasteiger partial charge in [-0.05, 0) is 46.2 Å². The van der Waals surface area contributed by atoms with Crippen molar-refractivity contribution < 1.29 is 0 Å². The monoisotopic (exact) mass is 246 g/mol. The molecule has 1 saturated heterocycles. The summed E-state index contributed by atoms with van der Waals surface area (Å²) >= 11 is 0. The maximum Gasteiger partial charge on any atom is 0.0644 e. The number of hydrogen-bond acceptors (Lipinski definition) is 3. The minimum atomic E-state index is 0.511. The number of nitriles is 1. The molecule has 0 bridgehead atoms. The number of unbranched alkanes of at least 4 members (excludes halogenated alkanes) is 1. The van der Waals surface area contributed by atoms with Gasteiger partial charge in [0.15, 0.2) is 0 Å². The van der Waals surface area contributed by atoms with E-state index in [1.807, 2.05) is 11.7 Å². The van der Waals surface area contributed by atoms with Crippen molar-refractivity contribution in [2.24, 2.45) is 7.05 Å². The van der Waals surface area contributed by atoms with Gasteiger partial charge in [-0.15, -0.1) is 0 Å². The molecule has 0 aliphatic carbocycles. The fraction of sp³-hybridized carbons (Fsp3) is 0.714. The Kier molecular flexibility index (Phi) is 4.03. The van der Waals surface area contributed by atoms with Crippen molar-refractivity contribution in [3.63, 3.8) is 0 Å². The first-order chi connectivity index (χ1) is 8.65. The Morgan fingerprint density at radius 3 is 2.83 bits per heavy atom. The molecule has 2 heterocycles. The smallest absolute Gasteiger partial charge is 0.0644 e. The summed E-state index contributed by atoms with van der Waals surface area (Å²) in [5.74, 6) is 0. The Morgan fingerprint density at radius 2 is 2.22 bits per heavy atom. The van der Waals surface area contributed by atoms with Crippen LogP contribution in [0.25, 0.3) is 0 Å². The summed E-state index contributed by atoms with van der Waals surface area (Å²) in [6.07, 6.45) is 4.12. The molecular weight excluding hydrogens is 224 g/mol. The predicted molar refractivity (Wildman–Crippen MR) is 71.1 cm³/mol. The number of nitrogens with zero attached hydrogens (tertiary/aromatic N) is 4. The molecule has 98 valence electrons. The van der Waals surface area contributed by atoms with E-state index in [-0.39, 0.29) is 0 Å². The molecule has 0 unspecified atom stereocenters. The molecule has 0 N–H and O–H groups in total. The van der Waals surface area contributed by atoms with Crippen LogP contribution < -0.4 is 0 Å². The van der Waals surface area contributed by atoms with Crippen molar-refractivity contribution in [1.82, 2.24) is 14.7 Å². The molecule has 1 aliphatic rings. The highest BCUT2D eigenvalue weighted by Gasteiger charge is 2.29. The molecule has 1 aromatic rings. The molecule has 0 aromatic carbocycles. The minimum absolute atomic E-state index is 0.511. The quantitative estimate of drug-likeness (QED) is 0.767. The zero-order valence-corrected chi connectivity index (χ0v) is 11.6. The maximum absolute atomic E-state index is 8.63. The molecule has 4 nitrogen and oxygen atoms in total. The van der Waals surface area contributed by atoms with Crippen LogP contribution in [0.1, 0.15) is 48.7 Å². The molecule has 1 fully saturated rings. The molecule has 2 rings (SSSR count). The van der Waals surface area contributed by atoms with Gasteiger partial charge in [0, 0.05) is 30.8 Å². The largest absolute Gasteiger partial charge is 0.296 e. The Hall–Kier alpha value is -1.34. The fourth-order valence-corrected chi connectivity index (χ4v) is 3.05. The molecule has 1 aliphatic heterocycles. The molecule has 18 heavy (non-hydrogen) atoms. The van der Waals surface area contributed by atoms with E-state index in [0.29, 0.717) is 12.5 Å². The van der Waals surface area contributed by atoms with Gasteiger partial charge in [-0.1, -0.05) is 0 Å². The number of aromatic nitrogens is 2. The third kappa shape index (κ3) is 2.41. The zero-order valence-electron chi connectivity index (χ0n) is 11.6. The summed E-state index contributed by atoms with van der Waals surface area (Å²) in [4.78, 5) is 2.52. The maximum atomic E-state index is 8.63. The topological polar surface area (TPSA) is 44.9 Å². The summed E-state index contributed by atoms with van der Waals surface area (Å²) in [5.41, 5.74) is 3.85. The van der Waals surface area contributed by atoms with E-state index in [9.17, 15) is 0 Å². The van der Waals surface area contributed by atoms with Crippen LogP contribution in [0.15, 0.2) is 0 Å². The van der Waals surface area contributed by atoms with E-state index < -0.39 is 0 Å². The number of rotatable bonds is 4. The van der Waals surface area contributed by atoms with Crippen molar-refractivity contribution >= 4 is 0 Å². The van der Waals surface area contributed by atoms with Crippen molar-refractivity contribution in [3.05, 3.63) is 17.0 Å². The molecule has 1 aromatic heterocycles. The summed E-state index contributed by atoms with van der Waals surface area (Å²) in [5, 5.41) is 13.2. The highest BCUT2D eigenvalue weighted by molar-refractivity contribution is 5.29. The lowest BCUT2D eigenvalue weighted by Gasteiger charge is -2.24. The molecule has 0 saturated carbocycles. The molecule has 0 amide bonds. The van der Waals surface area contributed by atoms with Crippen LogP contribution in [0.5, 0.6) is 0 Å². The van der Waals surface area contributed by atoms with Crippen molar-refractivity contribution in [2.75, 3.05) is 13.1 Å². The van der Waals surface area contributed by atoms with Crippen LogP contribution in [0, 0.1) is 25.2 Å². The van der Waals surface area contributed by atoms with Gasteiger partial charge in [-0.25, -0.2) is 0 Å². The normalized spacial score (nSPS) is 20.2. The Morgan fingerprint density at radius 1 is 1.44 bits per heavy atom. The highest BCUT2D eigenvalue weighted by Crippen LogP contribution is 2.35. The summed E-state index contributed by atoms with van der Waals surface area (Å²) in [6.45, 7) is 6.45. The summed E-state index contributed by atoms with van der Waals surface area (Å²) in [6, 6.07) is 2.74. The van der Waals surface area contributed by atoms with E-state index in [1.165, 1.54) is 24.1 Å². The van der Waals surface area contributed by atoms with Gasteiger partial charge in [-0.3, -0.25) is 9.58 Å². The summed E-state index contributed by atoms with van der Waals surface area (Å²) < 4.78 is 1.98. The van der Waals surface area contributed by atoms with Crippen LogP contribution in [-0.2, 0) is 7.05 Å². The first-order valence-electron chi connectivity index (χ1n) is 6.76. The third-order valence-corrected chi connectivity index (χ3v) is 4.00. The van der Waals surface area contributed by atoms with Crippen molar-refractivity contribution in [2.45, 2.75) is 45.6 Å². The molecule has 0 radical (unpaired) electrons. The van der Waals surface area contributed by atoms with Crippen LogP contribution in [0.3, 0.4) is 0 Å². The van der Waals surface area contributed by atoms with Gasteiger partial charge in [0.1, 0.15) is 0 Å². The lowest BCUT2D eigenvalue weighted by molar-refractivity contribution is 0.253. The molecule has 0 spiro atoms. The van der Waals surface area contributed by atoms with E-state index >= 15 is 0 Å². The van der Waals surface area contributed by atoms with Crippen LogP contribution in [0.4, 0.5) is 0 Å². The average Bonchev–Trinajstić information content (AvgIpc) is 2.86. The fourth-order valence-electron chi connectivity index (χ4n) is 3.05. The average molecular weight is 246 g/mol. The zero-order chi connectivity index (χ0) is 13.1. The van der Waals surface area contributed by atoms with Gasteiger partial charge in [0.25, 0.3) is 0 Å². The lowest BCUT2D eigenvalue weighted by atomic mass is 10.0. The van der Waals surface area contributed by atoms with E-state index in [1.54, 1.807) is 0 Å². The van der Waals surface area contributed by atoms with Gasteiger partial charge < -0.3 is 0 Å². The molecular formula is C14H22N4. The Bertz CT molecular complexity index is 455. The molecule has 1 atom stereocenters. The van der Waals surface area contributed by atoms with Crippen LogP contribution in [0.2, 0.25) is 0 Å². The van der Waals surface area contributed by atoms with Crippen LogP contribution >= 0.6 is 0 Å². The second kappa shape index (κ2) is 5.53. The second-order valence-corrected chi connectivity index (χ2v) is 5.16. The number of likely N-dealkylation sites (tertiary alicyclic amines) is 1. The lowest BCUT2D eigenvalue weighted by Crippen LogP contribution is -2.25. The standard InChI is InChI=1S/C14H22N4/c1-11-14(12(2)17(3)16-11)13-7-6-10-18(13)9-5-4-8-15/h13H,4-7,9-10H2,1-3H3/t13-/m0/s1. The minimum Gasteiger partial charge on any atom is -0.296 e. The summed E-state index contributed by atoms with van der Waals surface area (Å²) in [7, 11) is 2.01. The Balaban J connectivity index is 2.13.